The maximum Gasteiger partial charge on any atom is 0.220 e. The highest BCUT2D eigenvalue weighted by Gasteiger charge is 2.22. The maximum atomic E-state index is 12.2. The molecule has 3 heterocycles. The molecule has 2 aromatic heterocycles. The van der Waals surface area contributed by atoms with Crippen molar-refractivity contribution in [3.63, 3.8) is 0 Å². The summed E-state index contributed by atoms with van der Waals surface area (Å²) in [6.07, 6.45) is 9.04. The third kappa shape index (κ3) is 7.00. The summed E-state index contributed by atoms with van der Waals surface area (Å²) in [5, 5.41) is 6.34. The van der Waals surface area contributed by atoms with Gasteiger partial charge in [0.25, 0.3) is 0 Å². The number of amides is 1. The Labute approximate surface area is 173 Å². The molecule has 29 heavy (non-hydrogen) atoms. The normalized spacial score (nSPS) is 16.4. The Hall–Kier alpha value is -2.70. The van der Waals surface area contributed by atoms with E-state index in [4.69, 9.17) is 0 Å². The van der Waals surface area contributed by atoms with Crippen LogP contribution < -0.4 is 15.5 Å². The Morgan fingerprint density at radius 3 is 3.00 bits per heavy atom. The van der Waals surface area contributed by atoms with Crippen LogP contribution in [0, 0.1) is 5.92 Å². The molecule has 7 nitrogen and oxygen atoms in total. The van der Waals surface area contributed by atoms with Crippen LogP contribution in [0.2, 0.25) is 0 Å². The van der Waals surface area contributed by atoms with Crippen molar-refractivity contribution in [2.45, 2.75) is 45.4 Å². The fraction of sp³-hybridized carbons (Fsp3) is 0.545. The molecular weight excluding hydrogens is 364 g/mol. The summed E-state index contributed by atoms with van der Waals surface area (Å²) >= 11 is 0. The Morgan fingerprint density at radius 2 is 2.17 bits per heavy atom. The number of anilines is 2. The second-order valence-electron chi connectivity index (χ2n) is 7.60. The quantitative estimate of drug-likeness (QED) is 0.642. The van der Waals surface area contributed by atoms with Crippen molar-refractivity contribution >= 4 is 17.5 Å². The summed E-state index contributed by atoms with van der Waals surface area (Å²) in [6.45, 7) is 5.65. The summed E-state index contributed by atoms with van der Waals surface area (Å²) in [6, 6.07) is 7.89. The number of aromatic nitrogens is 3. The third-order valence-electron chi connectivity index (χ3n) is 5.26. The molecule has 7 heteroatoms. The van der Waals surface area contributed by atoms with Gasteiger partial charge in [0.2, 0.25) is 5.91 Å². The van der Waals surface area contributed by atoms with Crippen LogP contribution in [0.3, 0.4) is 0 Å². The van der Waals surface area contributed by atoms with Crippen molar-refractivity contribution in [1.29, 1.82) is 0 Å². The van der Waals surface area contributed by atoms with Gasteiger partial charge in [0.1, 0.15) is 18.0 Å². The number of nitrogens with zero attached hydrogens (tertiary/aromatic N) is 4. The van der Waals surface area contributed by atoms with E-state index in [0.717, 1.165) is 62.6 Å². The average Bonchev–Trinajstić information content (AvgIpc) is 2.77. The second kappa shape index (κ2) is 11.3. The van der Waals surface area contributed by atoms with Crippen molar-refractivity contribution < 1.29 is 4.79 Å². The molecule has 1 atom stereocenters. The van der Waals surface area contributed by atoms with Crippen molar-refractivity contribution in [2.24, 2.45) is 5.92 Å². The molecule has 2 N–H and O–H groups in total. The van der Waals surface area contributed by atoms with E-state index in [1.165, 1.54) is 6.42 Å². The smallest absolute Gasteiger partial charge is 0.220 e. The summed E-state index contributed by atoms with van der Waals surface area (Å²) in [5.41, 5.74) is 1.01. The second-order valence-corrected chi connectivity index (χ2v) is 7.60. The number of rotatable bonds is 10. The molecule has 3 rings (SSSR count). The van der Waals surface area contributed by atoms with Crippen LogP contribution in [0.5, 0.6) is 0 Å². The zero-order valence-corrected chi connectivity index (χ0v) is 17.3. The highest BCUT2D eigenvalue weighted by Crippen LogP contribution is 2.25. The standard InChI is InChI=1S/C22H32N6O/c1-2-11-24-20-15-21(27-17-26-20)28-14-5-6-18(16-28)8-9-22(29)25-13-10-19-7-3-4-12-23-19/h3-4,7,12,15,17-18H,2,5-6,8-11,13-14,16H2,1H3,(H,25,29)(H,24,26,27)/t18-/m0/s1. The fourth-order valence-electron chi connectivity index (χ4n) is 3.68. The predicted octanol–water partition coefficient (Wildman–Crippen LogP) is 3.05. The molecule has 2 aromatic rings. The minimum atomic E-state index is 0.131. The lowest BCUT2D eigenvalue weighted by Crippen LogP contribution is -2.36. The van der Waals surface area contributed by atoms with E-state index in [1.54, 1.807) is 12.5 Å². The van der Waals surface area contributed by atoms with Gasteiger partial charge < -0.3 is 15.5 Å². The first-order valence-corrected chi connectivity index (χ1v) is 10.7. The molecule has 0 saturated carbocycles. The van der Waals surface area contributed by atoms with Crippen molar-refractivity contribution in [1.82, 2.24) is 20.3 Å². The molecule has 0 spiro atoms. The topological polar surface area (TPSA) is 83.0 Å². The van der Waals surface area contributed by atoms with Gasteiger partial charge in [0.05, 0.1) is 0 Å². The molecule has 156 valence electrons. The zero-order chi connectivity index (χ0) is 20.3. The highest BCUT2D eigenvalue weighted by atomic mass is 16.1. The first kappa shape index (κ1) is 21.0. The minimum Gasteiger partial charge on any atom is -0.370 e. The van der Waals surface area contributed by atoms with Gasteiger partial charge in [-0.1, -0.05) is 13.0 Å². The van der Waals surface area contributed by atoms with Crippen molar-refractivity contribution in [3.05, 3.63) is 42.5 Å². The Kier molecular flexibility index (Phi) is 8.22. The van der Waals surface area contributed by atoms with Gasteiger partial charge >= 0.3 is 0 Å². The van der Waals surface area contributed by atoms with Gasteiger partial charge in [-0.2, -0.15) is 0 Å². The minimum absolute atomic E-state index is 0.131. The number of hydrogen-bond donors (Lipinski definition) is 2. The lowest BCUT2D eigenvalue weighted by atomic mass is 9.93. The zero-order valence-electron chi connectivity index (χ0n) is 17.3. The molecule has 1 saturated heterocycles. The lowest BCUT2D eigenvalue weighted by molar-refractivity contribution is -0.121. The number of nitrogens with one attached hydrogen (secondary N) is 2. The summed E-state index contributed by atoms with van der Waals surface area (Å²) < 4.78 is 0. The van der Waals surface area contributed by atoms with Crippen LogP contribution in [-0.2, 0) is 11.2 Å². The number of carbonyl (C=O) groups is 1. The number of carbonyl (C=O) groups excluding carboxylic acids is 1. The Bertz CT molecular complexity index is 754. The van der Waals surface area contributed by atoms with Crippen LogP contribution in [0.25, 0.3) is 0 Å². The monoisotopic (exact) mass is 396 g/mol. The van der Waals surface area contributed by atoms with Crippen LogP contribution in [-0.4, -0.2) is 47.0 Å². The average molecular weight is 397 g/mol. The van der Waals surface area contributed by atoms with Crippen LogP contribution in [0.15, 0.2) is 36.8 Å². The SMILES string of the molecule is CCCNc1cc(N2CCC[C@@H](CCC(=O)NCCc3ccccn3)C2)ncn1. The summed E-state index contributed by atoms with van der Waals surface area (Å²) in [7, 11) is 0. The molecule has 0 aliphatic carbocycles. The molecule has 1 amide bonds. The van der Waals surface area contributed by atoms with E-state index in [2.05, 4.69) is 37.4 Å². The molecule has 1 aliphatic heterocycles. The summed E-state index contributed by atoms with van der Waals surface area (Å²) in [4.78, 5) is 27.6. The molecule has 0 bridgehead atoms. The molecule has 1 fully saturated rings. The Morgan fingerprint density at radius 1 is 1.24 bits per heavy atom. The first-order valence-electron chi connectivity index (χ1n) is 10.7. The van der Waals surface area contributed by atoms with E-state index >= 15 is 0 Å². The number of piperidine rings is 1. The number of pyridine rings is 1. The molecule has 0 radical (unpaired) electrons. The van der Waals surface area contributed by atoms with E-state index < -0.39 is 0 Å². The third-order valence-corrected chi connectivity index (χ3v) is 5.26. The van der Waals surface area contributed by atoms with Crippen molar-refractivity contribution in [3.8, 4) is 0 Å². The van der Waals surface area contributed by atoms with Crippen LogP contribution in [0.4, 0.5) is 11.6 Å². The van der Waals surface area contributed by atoms with Gasteiger partial charge in [-0.25, -0.2) is 9.97 Å². The molecule has 0 aromatic carbocycles. The largest absolute Gasteiger partial charge is 0.370 e. The number of hydrogen-bond acceptors (Lipinski definition) is 6. The summed E-state index contributed by atoms with van der Waals surface area (Å²) in [5.74, 6) is 2.51. The maximum absolute atomic E-state index is 12.2. The van der Waals surface area contributed by atoms with E-state index in [0.29, 0.717) is 18.9 Å². The molecule has 0 unspecified atom stereocenters. The Balaban J connectivity index is 1.41. The van der Waals surface area contributed by atoms with Gasteiger partial charge in [-0.05, 0) is 43.7 Å². The van der Waals surface area contributed by atoms with Crippen LogP contribution in [0.1, 0.15) is 44.7 Å². The molecular formula is C22H32N6O. The van der Waals surface area contributed by atoms with E-state index in [9.17, 15) is 4.79 Å². The van der Waals surface area contributed by atoms with Gasteiger partial charge in [0.15, 0.2) is 0 Å². The van der Waals surface area contributed by atoms with Crippen molar-refractivity contribution in [2.75, 3.05) is 36.4 Å². The highest BCUT2D eigenvalue weighted by molar-refractivity contribution is 5.75. The fourth-order valence-corrected chi connectivity index (χ4v) is 3.68. The van der Waals surface area contributed by atoms with E-state index in [1.807, 2.05) is 24.3 Å². The predicted molar refractivity (Wildman–Crippen MR) is 116 cm³/mol. The van der Waals surface area contributed by atoms with E-state index in [-0.39, 0.29) is 5.91 Å². The first-order chi connectivity index (χ1) is 14.2. The lowest BCUT2D eigenvalue weighted by Gasteiger charge is -2.33. The van der Waals surface area contributed by atoms with Gasteiger partial charge in [-0.3, -0.25) is 9.78 Å². The van der Waals surface area contributed by atoms with Gasteiger partial charge in [0, 0.05) is 57.0 Å². The van der Waals surface area contributed by atoms with Crippen LogP contribution >= 0.6 is 0 Å². The van der Waals surface area contributed by atoms with Gasteiger partial charge in [-0.15, -0.1) is 0 Å². The molecule has 1 aliphatic rings.